The maximum Gasteiger partial charge on any atom is 0.337 e. The van der Waals surface area contributed by atoms with Crippen LogP contribution in [0.15, 0.2) is 52.5 Å². The molecule has 0 radical (unpaired) electrons. The van der Waals surface area contributed by atoms with E-state index in [4.69, 9.17) is 4.74 Å². The average molecular weight is 433 g/mol. The highest BCUT2D eigenvalue weighted by atomic mass is 32.2. The van der Waals surface area contributed by atoms with Crippen LogP contribution >= 0.6 is 0 Å². The molecule has 2 aromatic rings. The Bertz CT molecular complexity index is 1050. The summed E-state index contributed by atoms with van der Waals surface area (Å²) in [6, 6.07) is 10.9. The van der Waals surface area contributed by atoms with E-state index in [0.717, 1.165) is 4.31 Å². The monoisotopic (exact) mass is 433 g/mol. The van der Waals surface area contributed by atoms with E-state index in [2.05, 4.69) is 15.3 Å². The van der Waals surface area contributed by atoms with Gasteiger partial charge >= 0.3 is 5.97 Å². The number of methoxy groups -OCH3 is 2. The van der Waals surface area contributed by atoms with E-state index in [-0.39, 0.29) is 4.90 Å². The molecule has 0 saturated carbocycles. The van der Waals surface area contributed by atoms with Gasteiger partial charge in [0.25, 0.3) is 5.91 Å². The van der Waals surface area contributed by atoms with E-state index < -0.39 is 28.4 Å². The first kappa shape index (κ1) is 23.0. The van der Waals surface area contributed by atoms with Crippen LogP contribution in [0.25, 0.3) is 0 Å². The first-order valence-corrected chi connectivity index (χ1v) is 10.2. The Kier molecular flexibility index (Phi) is 7.67. The van der Waals surface area contributed by atoms with Crippen molar-refractivity contribution in [3.05, 3.63) is 59.2 Å². The molecular formula is C20H23N3O6S. The molecule has 0 heterocycles. The number of hydrogen-bond donors (Lipinski definition) is 1. The summed E-state index contributed by atoms with van der Waals surface area (Å²) in [5.74, 6) is -0.486. The molecule has 0 fully saturated rings. The van der Waals surface area contributed by atoms with Crippen LogP contribution in [0.2, 0.25) is 0 Å². The van der Waals surface area contributed by atoms with Gasteiger partial charge in [0.1, 0.15) is 5.75 Å². The van der Waals surface area contributed by atoms with Crippen molar-refractivity contribution >= 4 is 28.1 Å². The number of sulfonamides is 1. The highest BCUT2D eigenvalue weighted by Crippen LogP contribution is 2.23. The van der Waals surface area contributed by atoms with Gasteiger partial charge in [-0.3, -0.25) is 4.79 Å². The number of amides is 1. The van der Waals surface area contributed by atoms with Crippen molar-refractivity contribution in [3.63, 3.8) is 0 Å². The molecule has 0 spiro atoms. The van der Waals surface area contributed by atoms with E-state index in [1.807, 2.05) is 0 Å². The second-order valence-corrected chi connectivity index (χ2v) is 8.34. The fraction of sp³-hybridized carbons (Fsp3) is 0.250. The van der Waals surface area contributed by atoms with E-state index in [9.17, 15) is 18.0 Å². The first-order valence-electron chi connectivity index (χ1n) is 8.80. The third-order valence-corrected chi connectivity index (χ3v) is 5.97. The number of hydrazone groups is 1. The Morgan fingerprint density at radius 2 is 1.80 bits per heavy atom. The average Bonchev–Trinajstić information content (AvgIpc) is 2.73. The predicted octanol–water partition coefficient (Wildman–Crippen LogP) is 1.56. The predicted molar refractivity (Wildman–Crippen MR) is 111 cm³/mol. The van der Waals surface area contributed by atoms with Crippen molar-refractivity contribution in [3.8, 4) is 5.75 Å². The number of esters is 1. The minimum Gasteiger partial charge on any atom is -0.496 e. The summed E-state index contributed by atoms with van der Waals surface area (Å²) in [7, 11) is 0.249. The Morgan fingerprint density at radius 3 is 2.37 bits per heavy atom. The number of hydrogen-bond acceptors (Lipinski definition) is 7. The van der Waals surface area contributed by atoms with E-state index >= 15 is 0 Å². The second kappa shape index (κ2) is 9.99. The van der Waals surface area contributed by atoms with Gasteiger partial charge in [0.05, 0.1) is 37.4 Å². The van der Waals surface area contributed by atoms with Gasteiger partial charge in [-0.25, -0.2) is 18.6 Å². The van der Waals surface area contributed by atoms with Crippen LogP contribution in [0.1, 0.15) is 21.5 Å². The van der Waals surface area contributed by atoms with E-state index in [1.54, 1.807) is 37.3 Å². The van der Waals surface area contributed by atoms with Crippen molar-refractivity contribution in [2.24, 2.45) is 5.10 Å². The van der Waals surface area contributed by atoms with E-state index in [1.165, 1.54) is 39.6 Å². The number of aryl methyl sites for hydroxylation is 1. The van der Waals surface area contributed by atoms with Crippen molar-refractivity contribution in [1.82, 2.24) is 9.73 Å². The molecular weight excluding hydrogens is 410 g/mol. The smallest absolute Gasteiger partial charge is 0.337 e. The van der Waals surface area contributed by atoms with Crippen LogP contribution in [-0.4, -0.2) is 58.6 Å². The van der Waals surface area contributed by atoms with Crippen LogP contribution in [0.5, 0.6) is 5.75 Å². The van der Waals surface area contributed by atoms with Gasteiger partial charge < -0.3 is 9.47 Å². The Labute approximate surface area is 175 Å². The van der Waals surface area contributed by atoms with Gasteiger partial charge in [0.2, 0.25) is 10.0 Å². The maximum absolute atomic E-state index is 12.7. The molecule has 0 unspecified atom stereocenters. The summed E-state index contributed by atoms with van der Waals surface area (Å²) in [6.45, 7) is 1.32. The van der Waals surface area contributed by atoms with Crippen LogP contribution in [0.4, 0.5) is 0 Å². The number of ether oxygens (including phenoxy) is 2. The molecule has 0 aromatic heterocycles. The Hall–Kier alpha value is -3.24. The largest absolute Gasteiger partial charge is 0.496 e. The lowest BCUT2D eigenvalue weighted by atomic mass is 10.1. The Balaban J connectivity index is 1.97. The normalized spacial score (nSPS) is 11.5. The highest BCUT2D eigenvalue weighted by molar-refractivity contribution is 7.89. The summed E-state index contributed by atoms with van der Waals surface area (Å²) >= 11 is 0. The standard InChI is InChI=1S/C20H23N3O6S/c1-14-11-17(9-10-18(14)28-3)30(26,27)23(2)13-19(24)22-21-12-15-5-7-16(8-6-15)20(25)29-4/h5-12H,13H2,1-4H3,(H,22,24)/b21-12-. The van der Waals surface area contributed by atoms with Crippen LogP contribution in [0.3, 0.4) is 0 Å². The fourth-order valence-corrected chi connectivity index (χ4v) is 3.73. The third kappa shape index (κ3) is 5.65. The third-order valence-electron chi connectivity index (χ3n) is 4.18. The SMILES string of the molecule is COC(=O)c1ccc(/C=N\NC(=O)CN(C)S(=O)(=O)c2ccc(OC)c(C)c2)cc1. The number of nitrogens with zero attached hydrogens (tertiary/aromatic N) is 2. The minimum atomic E-state index is -3.85. The molecule has 30 heavy (non-hydrogen) atoms. The second-order valence-electron chi connectivity index (χ2n) is 6.30. The molecule has 0 aliphatic heterocycles. The number of rotatable bonds is 8. The maximum atomic E-state index is 12.7. The molecule has 1 amide bonds. The van der Waals surface area contributed by atoms with Gasteiger partial charge in [-0.05, 0) is 48.4 Å². The van der Waals surface area contributed by atoms with Crippen molar-refractivity contribution in [2.45, 2.75) is 11.8 Å². The van der Waals surface area contributed by atoms with Gasteiger partial charge in [-0.2, -0.15) is 9.41 Å². The number of carbonyl (C=O) groups excluding carboxylic acids is 2. The number of nitrogens with one attached hydrogen (secondary N) is 1. The molecule has 0 atom stereocenters. The molecule has 0 bridgehead atoms. The molecule has 2 rings (SSSR count). The van der Waals surface area contributed by atoms with Gasteiger partial charge in [-0.1, -0.05) is 12.1 Å². The molecule has 1 N–H and O–H groups in total. The molecule has 10 heteroatoms. The molecule has 2 aromatic carbocycles. The lowest BCUT2D eigenvalue weighted by Gasteiger charge is -2.17. The van der Waals surface area contributed by atoms with Crippen molar-refractivity contribution < 1.29 is 27.5 Å². The molecule has 160 valence electrons. The summed E-state index contributed by atoms with van der Waals surface area (Å²) in [5, 5.41) is 3.80. The zero-order valence-electron chi connectivity index (χ0n) is 17.1. The lowest BCUT2D eigenvalue weighted by molar-refractivity contribution is -0.121. The quantitative estimate of drug-likeness (QED) is 0.384. The first-order chi connectivity index (χ1) is 14.2. The van der Waals surface area contributed by atoms with Crippen LogP contribution in [-0.2, 0) is 19.6 Å². The zero-order valence-corrected chi connectivity index (χ0v) is 17.9. The van der Waals surface area contributed by atoms with Crippen LogP contribution in [0, 0.1) is 6.92 Å². The Morgan fingerprint density at radius 1 is 1.13 bits per heavy atom. The summed E-state index contributed by atoms with van der Waals surface area (Å²) in [4.78, 5) is 23.5. The molecule has 0 saturated heterocycles. The highest BCUT2D eigenvalue weighted by Gasteiger charge is 2.23. The molecule has 0 aliphatic carbocycles. The zero-order chi connectivity index (χ0) is 22.3. The molecule has 9 nitrogen and oxygen atoms in total. The fourth-order valence-electron chi connectivity index (χ4n) is 2.52. The van der Waals surface area contributed by atoms with Crippen molar-refractivity contribution in [1.29, 1.82) is 0 Å². The van der Waals surface area contributed by atoms with Gasteiger partial charge in [0.15, 0.2) is 0 Å². The van der Waals surface area contributed by atoms with Crippen molar-refractivity contribution in [2.75, 3.05) is 27.8 Å². The number of benzene rings is 2. The molecule has 0 aliphatic rings. The lowest BCUT2D eigenvalue weighted by Crippen LogP contribution is -2.36. The van der Waals surface area contributed by atoms with Gasteiger partial charge in [-0.15, -0.1) is 0 Å². The summed E-state index contributed by atoms with van der Waals surface area (Å²) in [5.41, 5.74) is 3.97. The minimum absolute atomic E-state index is 0.0605. The topological polar surface area (TPSA) is 114 Å². The van der Waals surface area contributed by atoms with Crippen LogP contribution < -0.4 is 10.2 Å². The number of carbonyl (C=O) groups is 2. The van der Waals surface area contributed by atoms with Gasteiger partial charge in [0, 0.05) is 7.05 Å². The van der Waals surface area contributed by atoms with E-state index in [0.29, 0.717) is 22.4 Å². The summed E-state index contributed by atoms with van der Waals surface area (Å²) < 4.78 is 36.0. The number of likely N-dealkylation sites (N-methyl/N-ethyl adjacent to an activating group) is 1. The summed E-state index contributed by atoms with van der Waals surface area (Å²) in [6.07, 6.45) is 1.38.